The van der Waals surface area contributed by atoms with Crippen LogP contribution >= 0.6 is 0 Å². The molecule has 0 aliphatic heterocycles. The number of aliphatic carboxylic acids is 1. The first-order chi connectivity index (χ1) is 7.00. The van der Waals surface area contributed by atoms with Crippen molar-refractivity contribution in [3.63, 3.8) is 0 Å². The number of carbonyl (C=O) groups excluding carboxylic acids is 1. The van der Waals surface area contributed by atoms with Gasteiger partial charge in [-0.3, -0.25) is 4.79 Å². The van der Waals surface area contributed by atoms with Gasteiger partial charge in [0.05, 0.1) is 0 Å². The molecule has 0 aliphatic carbocycles. The van der Waals surface area contributed by atoms with Crippen molar-refractivity contribution in [2.75, 3.05) is 0 Å². The lowest BCUT2D eigenvalue weighted by atomic mass is 10.2. The lowest BCUT2D eigenvalue weighted by Gasteiger charge is -2.07. The van der Waals surface area contributed by atoms with E-state index < -0.39 is 23.9 Å². The molecule has 0 aromatic heterocycles. The van der Waals surface area contributed by atoms with E-state index in [-0.39, 0.29) is 5.56 Å². The number of carboxylic acid groups (broad SMARTS) is 1. The molecule has 0 aliphatic rings. The fourth-order valence-corrected chi connectivity index (χ4v) is 0.871. The van der Waals surface area contributed by atoms with E-state index in [1.54, 1.807) is 0 Å². The average molecular weight is 213 g/mol. The van der Waals surface area contributed by atoms with Crippen LogP contribution in [0.25, 0.3) is 0 Å². The van der Waals surface area contributed by atoms with Crippen molar-refractivity contribution in [2.45, 2.75) is 6.23 Å². The molecule has 0 radical (unpaired) electrons. The molecule has 1 unspecified atom stereocenters. The van der Waals surface area contributed by atoms with E-state index in [4.69, 9.17) is 10.2 Å². The summed E-state index contributed by atoms with van der Waals surface area (Å²) < 4.78 is 12.5. The number of benzene rings is 1. The topological polar surface area (TPSA) is 86.6 Å². The molecule has 1 atom stereocenters. The number of rotatable bonds is 3. The maximum Gasteiger partial charge on any atom is 0.353 e. The molecule has 0 fully saturated rings. The quantitative estimate of drug-likeness (QED) is 0.615. The summed E-state index contributed by atoms with van der Waals surface area (Å²) in [6, 6.07) is 4.47. The Morgan fingerprint density at radius 3 is 2.27 bits per heavy atom. The number of carboxylic acids is 1. The molecule has 0 bridgehead atoms. The number of carbonyl (C=O) groups is 2. The summed E-state index contributed by atoms with van der Waals surface area (Å²) in [5, 5.41) is 18.9. The van der Waals surface area contributed by atoms with E-state index in [0.717, 1.165) is 12.1 Å². The lowest BCUT2D eigenvalue weighted by molar-refractivity contribution is -0.147. The Kier molecular flexibility index (Phi) is 3.35. The Bertz CT molecular complexity index is 376. The molecule has 0 saturated heterocycles. The molecule has 1 aromatic rings. The van der Waals surface area contributed by atoms with Gasteiger partial charge in [0.15, 0.2) is 0 Å². The van der Waals surface area contributed by atoms with Gasteiger partial charge in [-0.25, -0.2) is 9.18 Å². The molecule has 0 spiro atoms. The van der Waals surface area contributed by atoms with Crippen LogP contribution in [0.3, 0.4) is 0 Å². The fourth-order valence-electron chi connectivity index (χ4n) is 0.871. The second-order valence-corrected chi connectivity index (χ2v) is 2.72. The van der Waals surface area contributed by atoms with Gasteiger partial charge < -0.3 is 15.5 Å². The molecule has 6 heteroatoms. The van der Waals surface area contributed by atoms with Gasteiger partial charge in [0.25, 0.3) is 5.91 Å². The fraction of sp³-hybridized carbons (Fsp3) is 0.111. The van der Waals surface area contributed by atoms with E-state index in [1.807, 2.05) is 5.32 Å². The minimum atomic E-state index is -1.97. The van der Waals surface area contributed by atoms with Crippen molar-refractivity contribution >= 4 is 11.9 Å². The Labute approximate surface area is 84.2 Å². The maximum atomic E-state index is 12.5. The van der Waals surface area contributed by atoms with Crippen molar-refractivity contribution in [3.8, 4) is 0 Å². The van der Waals surface area contributed by atoms with Crippen LogP contribution in [0.15, 0.2) is 24.3 Å². The third-order valence-electron chi connectivity index (χ3n) is 1.61. The molecule has 1 rings (SSSR count). The number of nitrogens with one attached hydrogen (secondary N) is 1. The Hall–Kier alpha value is -1.95. The first-order valence-electron chi connectivity index (χ1n) is 3.98. The summed E-state index contributed by atoms with van der Waals surface area (Å²) in [5.74, 6) is -2.86. The molecule has 80 valence electrons. The van der Waals surface area contributed by atoms with Gasteiger partial charge >= 0.3 is 5.97 Å². The minimum Gasteiger partial charge on any atom is -0.478 e. The monoisotopic (exact) mass is 213 g/mol. The molecular weight excluding hydrogens is 205 g/mol. The predicted molar refractivity (Wildman–Crippen MR) is 47.5 cm³/mol. The van der Waals surface area contributed by atoms with Gasteiger partial charge in [0.2, 0.25) is 6.23 Å². The third-order valence-corrected chi connectivity index (χ3v) is 1.61. The second kappa shape index (κ2) is 4.52. The van der Waals surface area contributed by atoms with E-state index in [0.29, 0.717) is 0 Å². The van der Waals surface area contributed by atoms with Crippen LogP contribution in [0.2, 0.25) is 0 Å². The number of amides is 1. The second-order valence-electron chi connectivity index (χ2n) is 2.72. The van der Waals surface area contributed by atoms with Gasteiger partial charge in [0, 0.05) is 5.56 Å². The molecule has 3 N–H and O–H groups in total. The highest BCUT2D eigenvalue weighted by Gasteiger charge is 2.16. The van der Waals surface area contributed by atoms with Gasteiger partial charge in [0.1, 0.15) is 5.82 Å². The molecule has 0 saturated carbocycles. The first-order valence-corrected chi connectivity index (χ1v) is 3.98. The van der Waals surface area contributed by atoms with Crippen molar-refractivity contribution in [2.24, 2.45) is 0 Å². The minimum absolute atomic E-state index is 0.0664. The van der Waals surface area contributed by atoms with E-state index in [1.165, 1.54) is 12.1 Å². The first kappa shape index (κ1) is 11.1. The number of hydrogen-bond acceptors (Lipinski definition) is 3. The number of hydrogen-bond donors (Lipinski definition) is 3. The van der Waals surface area contributed by atoms with Crippen LogP contribution in [-0.2, 0) is 4.79 Å². The summed E-state index contributed by atoms with van der Waals surface area (Å²) in [7, 11) is 0. The average Bonchev–Trinajstić information content (AvgIpc) is 2.18. The maximum absolute atomic E-state index is 12.5. The van der Waals surface area contributed by atoms with Gasteiger partial charge in [-0.05, 0) is 24.3 Å². The molecule has 5 nitrogen and oxygen atoms in total. The van der Waals surface area contributed by atoms with E-state index in [9.17, 15) is 14.0 Å². The normalized spacial score (nSPS) is 11.9. The van der Waals surface area contributed by atoms with Crippen LogP contribution in [0, 0.1) is 5.82 Å². The number of aliphatic hydroxyl groups is 1. The van der Waals surface area contributed by atoms with Crippen molar-refractivity contribution in [1.29, 1.82) is 0 Å². The van der Waals surface area contributed by atoms with E-state index >= 15 is 0 Å². The predicted octanol–water partition coefficient (Wildman–Crippen LogP) is -0.0415. The molecule has 15 heavy (non-hydrogen) atoms. The zero-order valence-electron chi connectivity index (χ0n) is 7.48. The Morgan fingerprint density at radius 1 is 1.27 bits per heavy atom. The van der Waals surface area contributed by atoms with Crippen LogP contribution < -0.4 is 5.32 Å². The van der Waals surface area contributed by atoms with E-state index in [2.05, 4.69) is 0 Å². The highest BCUT2D eigenvalue weighted by Crippen LogP contribution is 2.02. The summed E-state index contributed by atoms with van der Waals surface area (Å²) in [6.45, 7) is 0. The van der Waals surface area contributed by atoms with Crippen molar-refractivity contribution < 1.29 is 24.2 Å². The van der Waals surface area contributed by atoms with Gasteiger partial charge in [-0.15, -0.1) is 0 Å². The largest absolute Gasteiger partial charge is 0.478 e. The Balaban J connectivity index is 2.69. The van der Waals surface area contributed by atoms with Crippen molar-refractivity contribution in [3.05, 3.63) is 35.6 Å². The number of halogens is 1. The molecule has 0 heterocycles. The number of aliphatic hydroxyl groups excluding tert-OH is 1. The molecular formula is C9H8FNO4. The lowest BCUT2D eigenvalue weighted by Crippen LogP contribution is -2.40. The van der Waals surface area contributed by atoms with Crippen LogP contribution in [-0.4, -0.2) is 28.3 Å². The van der Waals surface area contributed by atoms with Crippen LogP contribution in [0.1, 0.15) is 10.4 Å². The van der Waals surface area contributed by atoms with Crippen LogP contribution in [0.5, 0.6) is 0 Å². The zero-order chi connectivity index (χ0) is 11.4. The summed E-state index contributed by atoms with van der Waals surface area (Å²) >= 11 is 0. The highest BCUT2D eigenvalue weighted by molar-refractivity contribution is 5.96. The Morgan fingerprint density at radius 2 is 1.80 bits per heavy atom. The van der Waals surface area contributed by atoms with Gasteiger partial charge in [-0.1, -0.05) is 0 Å². The van der Waals surface area contributed by atoms with Crippen molar-refractivity contribution in [1.82, 2.24) is 5.32 Å². The summed E-state index contributed by atoms with van der Waals surface area (Å²) in [4.78, 5) is 21.4. The van der Waals surface area contributed by atoms with Crippen LogP contribution in [0.4, 0.5) is 4.39 Å². The van der Waals surface area contributed by atoms with Gasteiger partial charge in [-0.2, -0.15) is 0 Å². The molecule has 1 amide bonds. The standard InChI is InChI=1S/C9H8FNO4/c10-6-3-1-5(2-4-6)7(12)11-8(13)9(14)15/h1-4,8,13H,(H,11,12)(H,14,15). The summed E-state index contributed by atoms with van der Waals surface area (Å²) in [5.41, 5.74) is 0.0664. The summed E-state index contributed by atoms with van der Waals surface area (Å²) in [6.07, 6.45) is -1.97. The highest BCUT2D eigenvalue weighted by atomic mass is 19.1. The smallest absolute Gasteiger partial charge is 0.353 e. The SMILES string of the molecule is O=C(NC(O)C(=O)O)c1ccc(F)cc1. The molecule has 1 aromatic carbocycles. The third kappa shape index (κ3) is 3.03. The zero-order valence-corrected chi connectivity index (χ0v) is 7.48.